The first-order chi connectivity index (χ1) is 8.00. The molecule has 0 atom stereocenters. The summed E-state index contributed by atoms with van der Waals surface area (Å²) in [5.74, 6) is 0.509. The van der Waals surface area contributed by atoms with Gasteiger partial charge < -0.3 is 5.73 Å². The minimum Gasteiger partial charge on any atom is -0.382 e. The van der Waals surface area contributed by atoms with Crippen LogP contribution in [0.1, 0.15) is 22.3 Å². The molecule has 0 amide bonds. The van der Waals surface area contributed by atoms with Gasteiger partial charge in [-0.3, -0.25) is 0 Å². The highest BCUT2D eigenvalue weighted by molar-refractivity contribution is 5.67. The summed E-state index contributed by atoms with van der Waals surface area (Å²) >= 11 is 0. The third kappa shape index (κ3) is 2.00. The molecule has 3 heteroatoms. The van der Waals surface area contributed by atoms with Crippen LogP contribution in [0.4, 0.5) is 5.82 Å². The summed E-state index contributed by atoms with van der Waals surface area (Å²) in [5.41, 5.74) is 12.4. The molecule has 1 heterocycles. The van der Waals surface area contributed by atoms with Gasteiger partial charge >= 0.3 is 0 Å². The van der Waals surface area contributed by atoms with Crippen molar-refractivity contribution < 1.29 is 0 Å². The molecule has 0 fully saturated rings. The maximum Gasteiger partial charge on any atom is 0.149 e. The lowest BCUT2D eigenvalue weighted by atomic mass is 10.00. The normalized spacial score (nSPS) is 10.6. The summed E-state index contributed by atoms with van der Waals surface area (Å²) in [7, 11) is 0. The van der Waals surface area contributed by atoms with E-state index in [9.17, 15) is 0 Å². The molecule has 0 unspecified atom stereocenters. The molecule has 17 heavy (non-hydrogen) atoms. The van der Waals surface area contributed by atoms with E-state index in [1.54, 1.807) is 0 Å². The Bertz CT molecular complexity index is 574. The Hall–Kier alpha value is -1.90. The molecule has 0 bridgehead atoms. The molecule has 0 aliphatic rings. The second kappa shape index (κ2) is 4.17. The van der Waals surface area contributed by atoms with E-state index in [1.165, 1.54) is 11.1 Å². The van der Waals surface area contributed by atoms with E-state index in [0.717, 1.165) is 22.4 Å². The van der Waals surface area contributed by atoms with Gasteiger partial charge in [0.25, 0.3) is 0 Å². The van der Waals surface area contributed by atoms with Crippen molar-refractivity contribution in [3.05, 3.63) is 40.5 Å². The lowest BCUT2D eigenvalue weighted by Crippen LogP contribution is -2.02. The minimum atomic E-state index is 0.509. The Morgan fingerprint density at radius 3 is 2.24 bits per heavy atom. The monoisotopic (exact) mass is 227 g/mol. The van der Waals surface area contributed by atoms with Gasteiger partial charge in [-0.2, -0.15) is 0 Å². The Morgan fingerprint density at radius 1 is 0.882 bits per heavy atom. The Labute approximate surface area is 102 Å². The molecule has 0 saturated carbocycles. The molecule has 2 aromatic rings. The number of aromatic nitrogens is 2. The number of nitrogens with two attached hydrogens (primary N) is 1. The maximum atomic E-state index is 5.75. The van der Waals surface area contributed by atoms with Crippen LogP contribution in [0.5, 0.6) is 0 Å². The van der Waals surface area contributed by atoms with E-state index in [-0.39, 0.29) is 0 Å². The number of rotatable bonds is 1. The second-order valence-electron chi connectivity index (χ2n) is 4.48. The second-order valence-corrected chi connectivity index (χ2v) is 4.48. The van der Waals surface area contributed by atoms with Crippen LogP contribution in [0.15, 0.2) is 18.2 Å². The van der Waals surface area contributed by atoms with Crippen LogP contribution in [0.3, 0.4) is 0 Å². The Kier molecular flexibility index (Phi) is 2.84. The Morgan fingerprint density at radius 2 is 1.59 bits per heavy atom. The molecule has 2 N–H and O–H groups in total. The van der Waals surface area contributed by atoms with Gasteiger partial charge in [0, 0.05) is 5.56 Å². The smallest absolute Gasteiger partial charge is 0.149 e. The molecule has 0 aliphatic carbocycles. The van der Waals surface area contributed by atoms with Crippen molar-refractivity contribution in [1.29, 1.82) is 0 Å². The van der Waals surface area contributed by atoms with Crippen LogP contribution in [0.2, 0.25) is 0 Å². The predicted octanol–water partition coefficient (Wildman–Crippen LogP) is 2.96. The molecular weight excluding hydrogens is 210 g/mol. The van der Waals surface area contributed by atoms with E-state index >= 15 is 0 Å². The number of hydrogen-bond acceptors (Lipinski definition) is 3. The maximum absolute atomic E-state index is 5.75. The Balaban J connectivity index is 2.61. The predicted molar refractivity (Wildman–Crippen MR) is 70.8 cm³/mol. The molecule has 1 aromatic carbocycles. The summed E-state index contributed by atoms with van der Waals surface area (Å²) in [6.07, 6.45) is 0. The van der Waals surface area contributed by atoms with Crippen LogP contribution < -0.4 is 5.73 Å². The van der Waals surface area contributed by atoms with E-state index in [2.05, 4.69) is 42.2 Å². The summed E-state index contributed by atoms with van der Waals surface area (Å²) < 4.78 is 0. The molecule has 0 spiro atoms. The first-order valence-electron chi connectivity index (χ1n) is 5.67. The SMILES string of the molecule is Cc1ccc(-c2nnc(N)c(C)c2C)cc1C. The van der Waals surface area contributed by atoms with Gasteiger partial charge in [-0.1, -0.05) is 12.1 Å². The molecule has 0 saturated heterocycles. The van der Waals surface area contributed by atoms with Crippen molar-refractivity contribution in [3.8, 4) is 11.3 Å². The highest BCUT2D eigenvalue weighted by Crippen LogP contribution is 2.26. The zero-order valence-electron chi connectivity index (χ0n) is 10.7. The van der Waals surface area contributed by atoms with Crippen molar-refractivity contribution >= 4 is 5.82 Å². The number of aryl methyl sites for hydroxylation is 2. The highest BCUT2D eigenvalue weighted by atomic mass is 15.1. The zero-order chi connectivity index (χ0) is 12.6. The summed E-state index contributed by atoms with van der Waals surface area (Å²) in [6, 6.07) is 6.33. The van der Waals surface area contributed by atoms with Gasteiger partial charge in [0.1, 0.15) is 5.82 Å². The number of benzene rings is 1. The van der Waals surface area contributed by atoms with Crippen molar-refractivity contribution in [2.24, 2.45) is 0 Å². The average Bonchev–Trinajstić information content (AvgIpc) is 2.30. The van der Waals surface area contributed by atoms with Gasteiger partial charge in [0.15, 0.2) is 0 Å². The average molecular weight is 227 g/mol. The molecule has 2 rings (SSSR count). The van der Waals surface area contributed by atoms with Crippen LogP contribution in [0.25, 0.3) is 11.3 Å². The quantitative estimate of drug-likeness (QED) is 0.814. The molecule has 3 nitrogen and oxygen atoms in total. The molecule has 0 aliphatic heterocycles. The van der Waals surface area contributed by atoms with E-state index in [0.29, 0.717) is 5.82 Å². The van der Waals surface area contributed by atoms with Crippen molar-refractivity contribution in [1.82, 2.24) is 10.2 Å². The van der Waals surface area contributed by atoms with Crippen LogP contribution in [0, 0.1) is 27.7 Å². The molecule has 0 radical (unpaired) electrons. The fraction of sp³-hybridized carbons (Fsp3) is 0.286. The standard InChI is InChI=1S/C14H17N3/c1-8-5-6-12(7-9(8)2)13-10(3)11(4)14(15)17-16-13/h5-7H,1-4H3,(H2,15,17). The minimum absolute atomic E-state index is 0.509. The third-order valence-corrected chi connectivity index (χ3v) is 3.34. The number of anilines is 1. The lowest BCUT2D eigenvalue weighted by molar-refractivity contribution is 1.01. The van der Waals surface area contributed by atoms with Gasteiger partial charge in [0.2, 0.25) is 0 Å². The van der Waals surface area contributed by atoms with E-state index in [1.807, 2.05) is 13.8 Å². The van der Waals surface area contributed by atoms with E-state index < -0.39 is 0 Å². The first-order valence-corrected chi connectivity index (χ1v) is 5.67. The lowest BCUT2D eigenvalue weighted by Gasteiger charge is -2.10. The zero-order valence-corrected chi connectivity index (χ0v) is 10.7. The van der Waals surface area contributed by atoms with Crippen molar-refractivity contribution in [2.45, 2.75) is 27.7 Å². The molecular formula is C14H17N3. The number of nitrogens with zero attached hydrogens (tertiary/aromatic N) is 2. The number of hydrogen-bond donors (Lipinski definition) is 1. The summed E-state index contributed by atoms with van der Waals surface area (Å²) in [6.45, 7) is 8.21. The fourth-order valence-electron chi connectivity index (χ4n) is 1.79. The van der Waals surface area contributed by atoms with Gasteiger partial charge in [0.05, 0.1) is 5.69 Å². The van der Waals surface area contributed by atoms with Crippen molar-refractivity contribution in [3.63, 3.8) is 0 Å². The summed E-state index contributed by atoms with van der Waals surface area (Å²) in [4.78, 5) is 0. The van der Waals surface area contributed by atoms with Crippen molar-refractivity contribution in [2.75, 3.05) is 5.73 Å². The van der Waals surface area contributed by atoms with Crippen LogP contribution in [-0.2, 0) is 0 Å². The third-order valence-electron chi connectivity index (χ3n) is 3.34. The van der Waals surface area contributed by atoms with Gasteiger partial charge in [-0.25, -0.2) is 0 Å². The first kappa shape index (κ1) is 11.6. The fourth-order valence-corrected chi connectivity index (χ4v) is 1.79. The van der Waals surface area contributed by atoms with Crippen LogP contribution in [-0.4, -0.2) is 10.2 Å². The topological polar surface area (TPSA) is 51.8 Å². The molecule has 88 valence electrons. The molecule has 1 aromatic heterocycles. The van der Waals surface area contributed by atoms with Gasteiger partial charge in [-0.15, -0.1) is 10.2 Å². The highest BCUT2D eigenvalue weighted by Gasteiger charge is 2.09. The van der Waals surface area contributed by atoms with E-state index in [4.69, 9.17) is 5.73 Å². The summed E-state index contributed by atoms with van der Waals surface area (Å²) in [5, 5.41) is 8.20. The van der Waals surface area contributed by atoms with Gasteiger partial charge in [-0.05, 0) is 56.0 Å². The largest absolute Gasteiger partial charge is 0.382 e. The van der Waals surface area contributed by atoms with Crippen LogP contribution >= 0.6 is 0 Å². The number of nitrogen functional groups attached to an aromatic ring is 1.